The number of thiazole rings is 1. The third-order valence-electron chi connectivity index (χ3n) is 4.15. The molecule has 1 aromatic carbocycles. The summed E-state index contributed by atoms with van der Waals surface area (Å²) in [7, 11) is 0. The zero-order chi connectivity index (χ0) is 20.4. The van der Waals surface area contributed by atoms with Gasteiger partial charge >= 0.3 is 0 Å². The van der Waals surface area contributed by atoms with Crippen LogP contribution in [0, 0.1) is 6.92 Å². The van der Waals surface area contributed by atoms with Crippen molar-refractivity contribution in [3.05, 3.63) is 70.3 Å². The summed E-state index contributed by atoms with van der Waals surface area (Å²) in [6.45, 7) is 3.86. The molecule has 0 unspecified atom stereocenters. The molecule has 146 valence electrons. The molecule has 0 saturated carbocycles. The minimum atomic E-state index is -0.409. The van der Waals surface area contributed by atoms with Crippen LogP contribution >= 0.6 is 11.3 Å². The highest BCUT2D eigenvalue weighted by Crippen LogP contribution is 2.24. The number of benzene rings is 1. The first-order valence-electron chi connectivity index (χ1n) is 8.80. The molecule has 0 aliphatic rings. The van der Waals surface area contributed by atoms with Gasteiger partial charge in [-0.3, -0.25) is 14.3 Å². The van der Waals surface area contributed by atoms with Crippen molar-refractivity contribution in [2.45, 2.75) is 20.4 Å². The van der Waals surface area contributed by atoms with Crippen LogP contribution in [0.5, 0.6) is 0 Å². The molecule has 3 heterocycles. The van der Waals surface area contributed by atoms with Gasteiger partial charge in [0.25, 0.3) is 5.91 Å². The van der Waals surface area contributed by atoms with E-state index in [1.54, 1.807) is 22.3 Å². The van der Waals surface area contributed by atoms with Crippen molar-refractivity contribution < 1.29 is 14.0 Å². The number of aromatic nitrogens is 4. The molecule has 8 nitrogen and oxygen atoms in total. The number of rotatable bonds is 6. The Morgan fingerprint density at radius 2 is 2.14 bits per heavy atom. The largest absolute Gasteiger partial charge is 0.443 e. The van der Waals surface area contributed by atoms with E-state index in [2.05, 4.69) is 20.4 Å². The predicted octanol–water partition coefficient (Wildman–Crippen LogP) is 3.81. The molecule has 0 saturated heterocycles. The van der Waals surface area contributed by atoms with Crippen molar-refractivity contribution in [2.24, 2.45) is 0 Å². The van der Waals surface area contributed by atoms with Crippen molar-refractivity contribution in [3.63, 3.8) is 0 Å². The van der Waals surface area contributed by atoms with Crippen molar-refractivity contribution in [2.75, 3.05) is 5.32 Å². The van der Waals surface area contributed by atoms with Gasteiger partial charge in [-0.2, -0.15) is 5.10 Å². The molecule has 0 atom stereocenters. The minimum Gasteiger partial charge on any atom is -0.443 e. The van der Waals surface area contributed by atoms with Gasteiger partial charge in [0, 0.05) is 30.1 Å². The maximum atomic E-state index is 12.7. The van der Waals surface area contributed by atoms with E-state index in [1.807, 2.05) is 31.2 Å². The average molecular weight is 407 g/mol. The summed E-state index contributed by atoms with van der Waals surface area (Å²) >= 11 is 1.39. The molecule has 29 heavy (non-hydrogen) atoms. The van der Waals surface area contributed by atoms with E-state index < -0.39 is 5.91 Å². The number of aryl methyl sites for hydroxylation is 1. The summed E-state index contributed by atoms with van der Waals surface area (Å²) in [5, 5.41) is 9.55. The Hall–Kier alpha value is -3.59. The van der Waals surface area contributed by atoms with Crippen LogP contribution in [0.3, 0.4) is 0 Å². The number of anilines is 1. The lowest BCUT2D eigenvalue weighted by atomic mass is 10.1. The molecular weight excluding hydrogens is 390 g/mol. The Kier molecular flexibility index (Phi) is 5.05. The summed E-state index contributed by atoms with van der Waals surface area (Å²) in [6, 6.07) is 9.34. The summed E-state index contributed by atoms with van der Waals surface area (Å²) in [6.07, 6.45) is 2.98. The SMILES string of the molecule is CC(=O)c1csc(Cn2ccc(NC(=O)c3ncoc3-c3cccc(C)c3)n2)n1. The van der Waals surface area contributed by atoms with Crippen LogP contribution in [0.2, 0.25) is 0 Å². The van der Waals surface area contributed by atoms with Gasteiger partial charge < -0.3 is 9.73 Å². The first-order chi connectivity index (χ1) is 14.0. The maximum absolute atomic E-state index is 12.7. The van der Waals surface area contributed by atoms with Crippen LogP contribution < -0.4 is 5.32 Å². The summed E-state index contributed by atoms with van der Waals surface area (Å²) < 4.78 is 7.08. The molecule has 0 aliphatic heterocycles. The van der Waals surface area contributed by atoms with Crippen LogP contribution in [0.4, 0.5) is 5.82 Å². The van der Waals surface area contributed by atoms with Gasteiger partial charge in [0.05, 0.1) is 6.54 Å². The molecule has 0 radical (unpaired) electrons. The second kappa shape index (κ2) is 7.80. The molecule has 0 aliphatic carbocycles. The Morgan fingerprint density at radius 1 is 1.28 bits per heavy atom. The monoisotopic (exact) mass is 407 g/mol. The number of hydrogen-bond donors (Lipinski definition) is 1. The number of nitrogens with one attached hydrogen (secondary N) is 1. The molecule has 0 fully saturated rings. The van der Waals surface area contributed by atoms with E-state index in [1.165, 1.54) is 24.7 Å². The highest BCUT2D eigenvalue weighted by atomic mass is 32.1. The number of carbonyl (C=O) groups is 2. The molecular formula is C20H17N5O3S. The van der Waals surface area contributed by atoms with E-state index in [0.717, 1.165) is 16.1 Å². The van der Waals surface area contributed by atoms with E-state index in [-0.39, 0.29) is 11.5 Å². The average Bonchev–Trinajstić information content (AvgIpc) is 3.42. The van der Waals surface area contributed by atoms with Crippen LogP contribution in [-0.4, -0.2) is 31.4 Å². The number of hydrogen-bond acceptors (Lipinski definition) is 7. The first kappa shape index (κ1) is 18.8. The number of nitrogens with zero attached hydrogens (tertiary/aromatic N) is 4. The Labute approximate surface area is 170 Å². The van der Waals surface area contributed by atoms with Gasteiger partial charge in [-0.1, -0.05) is 23.8 Å². The lowest BCUT2D eigenvalue weighted by Crippen LogP contribution is -2.14. The lowest BCUT2D eigenvalue weighted by molar-refractivity contribution is 0.100. The quantitative estimate of drug-likeness (QED) is 0.488. The lowest BCUT2D eigenvalue weighted by Gasteiger charge is -2.03. The van der Waals surface area contributed by atoms with Gasteiger partial charge in [0.15, 0.2) is 29.4 Å². The van der Waals surface area contributed by atoms with Crippen molar-refractivity contribution >= 4 is 28.8 Å². The number of Topliss-reactive ketones (excluding diaryl/α,β-unsaturated/α-hetero) is 1. The second-order valence-electron chi connectivity index (χ2n) is 6.43. The minimum absolute atomic E-state index is 0.0713. The summed E-state index contributed by atoms with van der Waals surface area (Å²) in [5.74, 6) is 0.313. The molecule has 9 heteroatoms. The highest BCUT2D eigenvalue weighted by Gasteiger charge is 2.19. The van der Waals surface area contributed by atoms with Gasteiger partial charge in [0.2, 0.25) is 0 Å². The Morgan fingerprint density at radius 3 is 2.90 bits per heavy atom. The Bertz CT molecular complexity index is 1190. The zero-order valence-electron chi connectivity index (χ0n) is 15.7. The maximum Gasteiger partial charge on any atom is 0.279 e. The molecule has 0 bridgehead atoms. The number of ketones is 1. The van der Waals surface area contributed by atoms with Crippen LogP contribution in [0.15, 0.2) is 52.7 Å². The number of amides is 1. The molecule has 1 amide bonds. The standard InChI is InChI=1S/C20H17N5O3S/c1-12-4-3-5-14(8-12)19-18(21-11-28-19)20(27)23-16-6-7-25(24-16)9-17-22-15(10-29-17)13(2)26/h3-8,10-11H,9H2,1-2H3,(H,23,24,27). The van der Waals surface area contributed by atoms with E-state index in [4.69, 9.17) is 4.42 Å². The molecule has 3 aromatic heterocycles. The Balaban J connectivity index is 1.47. The fourth-order valence-corrected chi connectivity index (χ4v) is 3.60. The fraction of sp³-hybridized carbons (Fsp3) is 0.150. The van der Waals surface area contributed by atoms with Gasteiger partial charge in [0.1, 0.15) is 10.7 Å². The second-order valence-corrected chi connectivity index (χ2v) is 7.38. The van der Waals surface area contributed by atoms with E-state index >= 15 is 0 Å². The van der Waals surface area contributed by atoms with E-state index in [0.29, 0.717) is 23.8 Å². The summed E-state index contributed by atoms with van der Waals surface area (Å²) in [4.78, 5) is 32.4. The first-order valence-corrected chi connectivity index (χ1v) is 9.68. The van der Waals surface area contributed by atoms with Crippen LogP contribution in [0.25, 0.3) is 11.3 Å². The topological polar surface area (TPSA) is 103 Å². The highest BCUT2D eigenvalue weighted by molar-refractivity contribution is 7.09. The van der Waals surface area contributed by atoms with Gasteiger partial charge in [-0.25, -0.2) is 9.97 Å². The third kappa shape index (κ3) is 4.14. The van der Waals surface area contributed by atoms with Crippen LogP contribution in [-0.2, 0) is 6.54 Å². The van der Waals surface area contributed by atoms with Crippen molar-refractivity contribution in [1.29, 1.82) is 0 Å². The summed E-state index contributed by atoms with van der Waals surface area (Å²) in [5.41, 5.74) is 2.47. The van der Waals surface area contributed by atoms with Crippen molar-refractivity contribution in [3.8, 4) is 11.3 Å². The predicted molar refractivity (Wildman–Crippen MR) is 108 cm³/mol. The van der Waals surface area contributed by atoms with E-state index in [9.17, 15) is 9.59 Å². The van der Waals surface area contributed by atoms with Gasteiger partial charge in [-0.15, -0.1) is 11.3 Å². The smallest absolute Gasteiger partial charge is 0.279 e. The molecule has 4 aromatic rings. The third-order valence-corrected chi connectivity index (χ3v) is 4.99. The fourth-order valence-electron chi connectivity index (χ4n) is 2.77. The normalized spacial score (nSPS) is 10.8. The molecule has 4 rings (SSSR count). The van der Waals surface area contributed by atoms with Crippen molar-refractivity contribution in [1.82, 2.24) is 19.7 Å². The van der Waals surface area contributed by atoms with Crippen LogP contribution in [0.1, 0.15) is 38.5 Å². The van der Waals surface area contributed by atoms with Gasteiger partial charge in [-0.05, 0) is 13.0 Å². The number of oxazole rings is 1. The number of carbonyl (C=O) groups excluding carboxylic acids is 2. The molecule has 0 spiro atoms. The molecule has 1 N–H and O–H groups in total. The zero-order valence-corrected chi connectivity index (χ0v) is 16.6.